The quantitative estimate of drug-likeness (QED) is 0.578. The zero-order valence-corrected chi connectivity index (χ0v) is 14.9. The lowest BCUT2D eigenvalue weighted by molar-refractivity contribution is 0.509. The summed E-state index contributed by atoms with van der Waals surface area (Å²) in [6.45, 7) is 2.30. The molecule has 1 N–H and O–H groups in total. The fraction of sp³-hybridized carbons (Fsp3) is 0.294. The van der Waals surface area contributed by atoms with Gasteiger partial charge in [-0.15, -0.1) is 11.3 Å². The van der Waals surface area contributed by atoms with Crippen LogP contribution in [-0.2, 0) is 12.8 Å². The van der Waals surface area contributed by atoms with Gasteiger partial charge in [0, 0.05) is 4.88 Å². The zero-order valence-electron chi connectivity index (χ0n) is 12.6. The molecule has 0 fully saturated rings. The van der Waals surface area contributed by atoms with E-state index in [1.807, 2.05) is 24.3 Å². The van der Waals surface area contributed by atoms with Crippen LogP contribution in [0.3, 0.4) is 0 Å². The SMILES string of the molecule is CC1CCc2c(sc3nc(Cl)nc(Nc4ccccc4Cl)c23)C1. The summed E-state index contributed by atoms with van der Waals surface area (Å²) in [6.07, 6.45) is 3.38. The molecule has 1 aliphatic rings. The second kappa shape index (κ2) is 5.93. The number of fused-ring (bicyclic) bond motifs is 3. The van der Waals surface area contributed by atoms with E-state index in [0.29, 0.717) is 5.02 Å². The first-order valence-corrected chi connectivity index (χ1v) is 9.18. The average molecular weight is 364 g/mol. The standard InChI is InChI=1S/C17H15Cl2N3S/c1-9-6-7-10-13(8-9)23-16-14(10)15(21-17(19)22-16)20-12-5-3-2-4-11(12)18/h2-5,9H,6-8H2,1H3,(H,20,21,22). The molecule has 1 unspecified atom stereocenters. The summed E-state index contributed by atoms with van der Waals surface area (Å²) in [6, 6.07) is 7.64. The van der Waals surface area contributed by atoms with Gasteiger partial charge in [-0.2, -0.15) is 4.98 Å². The lowest BCUT2D eigenvalue weighted by atomic mass is 9.89. The third-order valence-corrected chi connectivity index (χ3v) is 5.90. The molecule has 1 aliphatic carbocycles. The van der Waals surface area contributed by atoms with E-state index >= 15 is 0 Å². The van der Waals surface area contributed by atoms with Gasteiger partial charge in [0.1, 0.15) is 10.6 Å². The molecule has 0 saturated carbocycles. The van der Waals surface area contributed by atoms with E-state index in [1.54, 1.807) is 11.3 Å². The predicted octanol–water partition coefficient (Wildman–Crippen LogP) is 5.87. The highest BCUT2D eigenvalue weighted by atomic mass is 35.5. The second-order valence-electron chi connectivity index (χ2n) is 5.98. The summed E-state index contributed by atoms with van der Waals surface area (Å²) >= 11 is 14.1. The molecule has 0 saturated heterocycles. The molecule has 118 valence electrons. The number of aromatic nitrogens is 2. The highest BCUT2D eigenvalue weighted by Gasteiger charge is 2.24. The maximum absolute atomic E-state index is 6.27. The largest absolute Gasteiger partial charge is 0.338 e. The molecule has 3 nitrogen and oxygen atoms in total. The Bertz CT molecular complexity index is 891. The maximum atomic E-state index is 6.27. The van der Waals surface area contributed by atoms with Gasteiger partial charge in [0.2, 0.25) is 5.28 Å². The van der Waals surface area contributed by atoms with Crippen molar-refractivity contribution < 1.29 is 0 Å². The van der Waals surface area contributed by atoms with E-state index in [0.717, 1.165) is 40.5 Å². The summed E-state index contributed by atoms with van der Waals surface area (Å²) in [4.78, 5) is 11.2. The van der Waals surface area contributed by atoms with Gasteiger partial charge in [-0.1, -0.05) is 30.7 Å². The van der Waals surface area contributed by atoms with Crippen molar-refractivity contribution in [2.24, 2.45) is 5.92 Å². The van der Waals surface area contributed by atoms with Gasteiger partial charge >= 0.3 is 0 Å². The molecular weight excluding hydrogens is 349 g/mol. The number of thiophene rings is 1. The number of aryl methyl sites for hydroxylation is 1. The third-order valence-electron chi connectivity index (χ3n) is 4.25. The fourth-order valence-corrected chi connectivity index (χ4v) is 4.88. The zero-order chi connectivity index (χ0) is 16.0. The Morgan fingerprint density at radius 2 is 2.04 bits per heavy atom. The molecule has 2 aromatic heterocycles. The van der Waals surface area contributed by atoms with Crippen LogP contribution in [0.4, 0.5) is 11.5 Å². The Kier molecular flexibility index (Phi) is 3.92. The highest BCUT2D eigenvalue weighted by molar-refractivity contribution is 7.19. The number of benzene rings is 1. The molecule has 0 spiro atoms. The smallest absolute Gasteiger partial charge is 0.225 e. The van der Waals surface area contributed by atoms with Crippen molar-refractivity contribution in [1.29, 1.82) is 0 Å². The van der Waals surface area contributed by atoms with Crippen molar-refractivity contribution in [2.45, 2.75) is 26.2 Å². The molecule has 3 aromatic rings. The number of anilines is 2. The van der Waals surface area contributed by atoms with Gasteiger partial charge in [-0.05, 0) is 54.5 Å². The van der Waals surface area contributed by atoms with E-state index in [1.165, 1.54) is 16.9 Å². The van der Waals surface area contributed by atoms with Crippen molar-refractivity contribution in [2.75, 3.05) is 5.32 Å². The highest BCUT2D eigenvalue weighted by Crippen LogP contribution is 2.41. The molecule has 0 aliphatic heterocycles. The Balaban J connectivity index is 1.87. The normalized spacial score (nSPS) is 17.3. The minimum absolute atomic E-state index is 0.263. The van der Waals surface area contributed by atoms with E-state index in [4.69, 9.17) is 23.2 Å². The maximum Gasteiger partial charge on any atom is 0.225 e. The van der Waals surface area contributed by atoms with Crippen LogP contribution in [0.15, 0.2) is 24.3 Å². The number of rotatable bonds is 2. The van der Waals surface area contributed by atoms with Crippen LogP contribution in [-0.4, -0.2) is 9.97 Å². The summed E-state index contributed by atoms with van der Waals surface area (Å²) in [5.41, 5.74) is 2.20. The molecule has 23 heavy (non-hydrogen) atoms. The Hall–Kier alpha value is -1.36. The van der Waals surface area contributed by atoms with Crippen LogP contribution >= 0.6 is 34.5 Å². The molecule has 0 amide bonds. The van der Waals surface area contributed by atoms with Gasteiger partial charge in [0.25, 0.3) is 0 Å². The van der Waals surface area contributed by atoms with Crippen LogP contribution in [0.2, 0.25) is 10.3 Å². The van der Waals surface area contributed by atoms with Gasteiger partial charge < -0.3 is 5.32 Å². The van der Waals surface area contributed by atoms with Crippen LogP contribution in [0.1, 0.15) is 23.8 Å². The first-order chi connectivity index (χ1) is 11.1. The third kappa shape index (κ3) is 2.80. The fourth-order valence-electron chi connectivity index (χ4n) is 3.10. The second-order valence-corrected chi connectivity index (χ2v) is 7.81. The summed E-state index contributed by atoms with van der Waals surface area (Å²) < 4.78 is 0. The Morgan fingerprint density at radius 3 is 2.87 bits per heavy atom. The van der Waals surface area contributed by atoms with Gasteiger partial charge in [-0.25, -0.2) is 4.98 Å². The van der Waals surface area contributed by atoms with Gasteiger partial charge in [0.15, 0.2) is 0 Å². The number of hydrogen-bond donors (Lipinski definition) is 1. The first kappa shape index (κ1) is 15.2. The molecule has 6 heteroatoms. The minimum Gasteiger partial charge on any atom is -0.338 e. The lowest BCUT2D eigenvalue weighted by Crippen LogP contribution is -2.09. The Labute approximate surface area is 148 Å². The van der Waals surface area contributed by atoms with Crippen molar-refractivity contribution in [1.82, 2.24) is 9.97 Å². The van der Waals surface area contributed by atoms with Crippen LogP contribution < -0.4 is 5.32 Å². The van der Waals surface area contributed by atoms with Crippen LogP contribution in [0.25, 0.3) is 10.2 Å². The van der Waals surface area contributed by atoms with Crippen LogP contribution in [0.5, 0.6) is 0 Å². The Morgan fingerprint density at radius 1 is 1.22 bits per heavy atom. The average Bonchev–Trinajstić information content (AvgIpc) is 2.86. The van der Waals surface area contributed by atoms with E-state index < -0.39 is 0 Å². The lowest BCUT2D eigenvalue weighted by Gasteiger charge is -2.18. The van der Waals surface area contributed by atoms with E-state index in [-0.39, 0.29) is 5.28 Å². The molecule has 2 heterocycles. The molecular formula is C17H15Cl2N3S. The van der Waals surface area contributed by atoms with Crippen LogP contribution in [0, 0.1) is 5.92 Å². The molecule has 1 aromatic carbocycles. The van der Waals surface area contributed by atoms with Crippen molar-refractivity contribution in [3.05, 3.63) is 45.0 Å². The minimum atomic E-state index is 0.263. The predicted molar refractivity (Wildman–Crippen MR) is 98.3 cm³/mol. The molecule has 0 bridgehead atoms. The number of hydrogen-bond acceptors (Lipinski definition) is 4. The van der Waals surface area contributed by atoms with Gasteiger partial charge in [-0.3, -0.25) is 0 Å². The van der Waals surface area contributed by atoms with Gasteiger partial charge in [0.05, 0.1) is 16.1 Å². The number of halogens is 2. The van der Waals surface area contributed by atoms with E-state index in [9.17, 15) is 0 Å². The van der Waals surface area contributed by atoms with Crippen molar-refractivity contribution >= 4 is 56.3 Å². The number of nitrogens with zero attached hydrogens (tertiary/aromatic N) is 2. The van der Waals surface area contributed by atoms with Crippen molar-refractivity contribution in [3.8, 4) is 0 Å². The molecule has 1 atom stereocenters. The monoisotopic (exact) mass is 363 g/mol. The van der Waals surface area contributed by atoms with Crippen molar-refractivity contribution in [3.63, 3.8) is 0 Å². The molecule has 0 radical (unpaired) electrons. The summed E-state index contributed by atoms with van der Waals surface area (Å²) in [5.74, 6) is 1.47. The first-order valence-electron chi connectivity index (χ1n) is 7.61. The molecule has 4 rings (SSSR count). The van der Waals surface area contributed by atoms with E-state index in [2.05, 4.69) is 22.2 Å². The summed E-state index contributed by atoms with van der Waals surface area (Å²) in [5, 5.41) is 5.36. The topological polar surface area (TPSA) is 37.8 Å². The summed E-state index contributed by atoms with van der Waals surface area (Å²) in [7, 11) is 0. The number of para-hydroxylation sites is 1. The number of nitrogens with one attached hydrogen (secondary N) is 1.